The quantitative estimate of drug-likeness (QED) is 0.210. The van der Waals surface area contributed by atoms with Crippen LogP contribution in [0.5, 0.6) is 0 Å². The van der Waals surface area contributed by atoms with E-state index >= 15 is 0 Å². The van der Waals surface area contributed by atoms with Gasteiger partial charge in [-0.05, 0) is 66.8 Å². The van der Waals surface area contributed by atoms with Gasteiger partial charge in [-0.15, -0.1) is 0 Å². The van der Waals surface area contributed by atoms with Crippen molar-refractivity contribution >= 4 is 40.0 Å². The van der Waals surface area contributed by atoms with E-state index in [0.717, 1.165) is 25.7 Å². The summed E-state index contributed by atoms with van der Waals surface area (Å²) in [6, 6.07) is 35.9. The highest BCUT2D eigenvalue weighted by Gasteiger charge is 2.40. The average Bonchev–Trinajstić information content (AvgIpc) is 3.16. The van der Waals surface area contributed by atoms with Gasteiger partial charge in [-0.1, -0.05) is 80.6 Å². The summed E-state index contributed by atoms with van der Waals surface area (Å²) in [5.41, 5.74) is 7.80. The third kappa shape index (κ3) is 4.23. The van der Waals surface area contributed by atoms with Gasteiger partial charge >= 0.3 is 0 Å². The smallest absolute Gasteiger partial charge is 0.213 e. The monoisotopic (exact) mass is 523 g/mol. The average molecular weight is 524 g/mol. The Bertz CT molecular complexity index is 1800. The van der Waals surface area contributed by atoms with Crippen molar-refractivity contribution in [3.63, 3.8) is 0 Å². The normalized spacial score (nSPS) is 15.0. The Kier molecular flexibility index (Phi) is 7.02. The van der Waals surface area contributed by atoms with Crippen LogP contribution in [-0.4, -0.2) is 0 Å². The first-order chi connectivity index (χ1) is 19.6. The Morgan fingerprint density at radius 3 is 2.33 bits per heavy atom. The summed E-state index contributed by atoms with van der Waals surface area (Å²) in [5, 5.41) is 4.99. The number of aryl methyl sites for hydroxylation is 1. The molecule has 2 heteroatoms. The number of aromatic nitrogens is 1. The predicted octanol–water partition coefficient (Wildman–Crippen LogP) is 8.33. The molecule has 0 fully saturated rings. The molecular weight excluding hydrogens is 484 g/mol. The number of hydrogen-bond donors (Lipinski definition) is 0. The van der Waals surface area contributed by atoms with Crippen molar-refractivity contribution in [3.8, 4) is 11.3 Å². The lowest BCUT2D eigenvalue weighted by atomic mass is 9.86. The zero-order chi connectivity index (χ0) is 27.7. The Morgan fingerprint density at radius 1 is 0.775 bits per heavy atom. The van der Waals surface area contributed by atoms with Crippen molar-refractivity contribution in [2.75, 3.05) is 4.90 Å². The van der Waals surface area contributed by atoms with Crippen molar-refractivity contribution in [2.45, 2.75) is 58.9 Å². The molecule has 2 heterocycles. The van der Waals surface area contributed by atoms with E-state index in [9.17, 15) is 0 Å². The highest BCUT2D eigenvalue weighted by atomic mass is 15.1. The first kappa shape index (κ1) is 26.1. The Hall–Kier alpha value is -4.17. The molecular formula is C38H39N2+. The van der Waals surface area contributed by atoms with Crippen LogP contribution in [0.1, 0.15) is 52.5 Å². The fourth-order valence-electron chi connectivity index (χ4n) is 6.81. The zero-order valence-electron chi connectivity index (χ0n) is 24.2. The number of benzene rings is 4. The topological polar surface area (TPSA) is 7.12 Å². The van der Waals surface area contributed by atoms with Gasteiger partial charge in [-0.2, -0.15) is 4.57 Å². The van der Waals surface area contributed by atoms with Crippen molar-refractivity contribution in [1.82, 2.24) is 0 Å². The van der Waals surface area contributed by atoms with Crippen LogP contribution < -0.4 is 19.9 Å². The molecule has 5 aromatic rings. The van der Waals surface area contributed by atoms with Gasteiger partial charge in [0, 0.05) is 47.7 Å². The molecule has 4 aromatic carbocycles. The van der Waals surface area contributed by atoms with Crippen LogP contribution >= 0.6 is 0 Å². The maximum absolute atomic E-state index is 2.57. The van der Waals surface area contributed by atoms with Crippen LogP contribution in [0.25, 0.3) is 34.2 Å². The SMILES string of the molecule is CC=c1cccc(N(c2ccc3c(c2)-c2cccc[n+]2C(CC)(CC)CC3)c2cccc3ccccc23)c1=CC. The number of anilines is 3. The maximum Gasteiger partial charge on any atom is 0.213 e. The fourth-order valence-corrected chi connectivity index (χ4v) is 6.81. The van der Waals surface area contributed by atoms with Crippen molar-refractivity contribution in [3.05, 3.63) is 119 Å². The van der Waals surface area contributed by atoms with E-state index < -0.39 is 0 Å². The van der Waals surface area contributed by atoms with Crippen molar-refractivity contribution in [1.29, 1.82) is 0 Å². The van der Waals surface area contributed by atoms with Crippen LogP contribution in [-0.2, 0) is 12.0 Å². The van der Waals surface area contributed by atoms with E-state index in [0.29, 0.717) is 0 Å². The molecule has 0 N–H and O–H groups in total. The molecule has 1 aliphatic rings. The highest BCUT2D eigenvalue weighted by Crippen LogP contribution is 2.41. The van der Waals surface area contributed by atoms with Gasteiger partial charge in [0.1, 0.15) is 0 Å². The standard InChI is InChI=1S/C38H39N2/c1-5-28-16-13-20-36(32(28)6-2)40(37-21-14-17-29-15-9-10-18-33(29)37)31-23-22-30-24-25-38(7-3,8-4)39-26-12-11-19-35(39)34(30)27-31/h5-6,9-23,26-27H,7-8,24-25H2,1-4H3/q+1. The molecule has 1 aliphatic heterocycles. The van der Waals surface area contributed by atoms with Gasteiger partial charge in [0.25, 0.3) is 0 Å². The lowest BCUT2D eigenvalue weighted by Crippen LogP contribution is -2.56. The lowest BCUT2D eigenvalue weighted by molar-refractivity contribution is -0.757. The second kappa shape index (κ2) is 10.8. The Balaban J connectivity index is 1.66. The maximum atomic E-state index is 2.57. The van der Waals surface area contributed by atoms with E-state index in [-0.39, 0.29) is 5.54 Å². The molecule has 0 radical (unpaired) electrons. The third-order valence-electron chi connectivity index (χ3n) is 9.14. The van der Waals surface area contributed by atoms with Gasteiger partial charge in [0.2, 0.25) is 5.69 Å². The van der Waals surface area contributed by atoms with E-state index in [1.165, 1.54) is 55.1 Å². The molecule has 0 amide bonds. The van der Waals surface area contributed by atoms with Crippen LogP contribution in [0.4, 0.5) is 17.1 Å². The summed E-state index contributed by atoms with van der Waals surface area (Å²) in [7, 11) is 0. The van der Waals surface area contributed by atoms with Crippen LogP contribution in [0, 0.1) is 0 Å². The van der Waals surface area contributed by atoms with E-state index in [1.807, 2.05) is 0 Å². The molecule has 6 rings (SSSR count). The van der Waals surface area contributed by atoms with Crippen molar-refractivity contribution in [2.24, 2.45) is 0 Å². The molecule has 0 atom stereocenters. The van der Waals surface area contributed by atoms with Gasteiger partial charge in [-0.25, -0.2) is 0 Å². The van der Waals surface area contributed by atoms with Crippen LogP contribution in [0.15, 0.2) is 103 Å². The molecule has 0 aliphatic carbocycles. The molecule has 0 saturated heterocycles. The summed E-state index contributed by atoms with van der Waals surface area (Å²) in [5.74, 6) is 0. The second-order valence-corrected chi connectivity index (χ2v) is 10.9. The third-order valence-corrected chi connectivity index (χ3v) is 9.14. The Labute approximate surface area is 238 Å². The van der Waals surface area contributed by atoms with Gasteiger partial charge in [0.15, 0.2) is 11.7 Å². The minimum atomic E-state index is 0.140. The number of nitrogens with zero attached hydrogens (tertiary/aromatic N) is 2. The molecule has 0 saturated carbocycles. The summed E-state index contributed by atoms with van der Waals surface area (Å²) in [4.78, 5) is 2.47. The molecule has 0 unspecified atom stereocenters. The summed E-state index contributed by atoms with van der Waals surface area (Å²) in [6.07, 6.45) is 11.3. The predicted molar refractivity (Wildman–Crippen MR) is 171 cm³/mol. The second-order valence-electron chi connectivity index (χ2n) is 10.9. The lowest BCUT2D eigenvalue weighted by Gasteiger charge is -2.28. The number of pyridine rings is 1. The number of rotatable bonds is 5. The number of fused-ring (bicyclic) bond motifs is 4. The molecule has 40 heavy (non-hydrogen) atoms. The largest absolute Gasteiger partial charge is 0.309 e. The molecule has 1 aromatic heterocycles. The first-order valence-corrected chi connectivity index (χ1v) is 14.8. The summed E-state index contributed by atoms with van der Waals surface area (Å²) < 4.78 is 2.57. The molecule has 0 spiro atoms. The fraction of sp³-hybridized carbons (Fsp3) is 0.237. The molecule has 2 nitrogen and oxygen atoms in total. The van der Waals surface area contributed by atoms with Crippen molar-refractivity contribution < 1.29 is 4.57 Å². The number of hydrogen-bond acceptors (Lipinski definition) is 1. The van der Waals surface area contributed by atoms with E-state index in [1.54, 1.807) is 0 Å². The zero-order valence-corrected chi connectivity index (χ0v) is 24.2. The Morgan fingerprint density at radius 2 is 1.52 bits per heavy atom. The minimum Gasteiger partial charge on any atom is -0.309 e. The first-order valence-electron chi connectivity index (χ1n) is 14.8. The van der Waals surface area contributed by atoms with Crippen LogP contribution in [0.2, 0.25) is 0 Å². The summed E-state index contributed by atoms with van der Waals surface area (Å²) >= 11 is 0. The van der Waals surface area contributed by atoms with E-state index in [4.69, 9.17) is 0 Å². The highest BCUT2D eigenvalue weighted by molar-refractivity contribution is 5.99. The van der Waals surface area contributed by atoms with Gasteiger partial charge < -0.3 is 4.90 Å². The van der Waals surface area contributed by atoms with E-state index in [2.05, 4.69) is 153 Å². The minimum absolute atomic E-state index is 0.140. The summed E-state index contributed by atoms with van der Waals surface area (Å²) in [6.45, 7) is 8.96. The molecule has 0 bridgehead atoms. The molecule has 200 valence electrons. The van der Waals surface area contributed by atoms with Gasteiger partial charge in [0.05, 0.1) is 16.9 Å². The van der Waals surface area contributed by atoms with Crippen LogP contribution in [0.3, 0.4) is 0 Å². The van der Waals surface area contributed by atoms with Gasteiger partial charge in [-0.3, -0.25) is 0 Å².